The highest BCUT2D eigenvalue weighted by atomic mass is 32.2. The Hall–Kier alpha value is -2.87. The van der Waals surface area contributed by atoms with Crippen LogP contribution in [0, 0.1) is 0 Å². The normalized spacial score (nSPS) is 17.6. The number of benzene rings is 2. The van der Waals surface area contributed by atoms with Gasteiger partial charge in [0.2, 0.25) is 0 Å². The zero-order valence-electron chi connectivity index (χ0n) is 18.6. The number of thioether (sulfide) groups is 1. The third kappa shape index (κ3) is 10.4. The highest BCUT2D eigenvalue weighted by molar-refractivity contribution is 8.03. The number of piperazine rings is 1. The zero-order valence-corrected chi connectivity index (χ0v) is 19.4. The Morgan fingerprint density at radius 1 is 1.03 bits per heavy atom. The van der Waals surface area contributed by atoms with Gasteiger partial charge in [-0.25, -0.2) is 4.79 Å². The van der Waals surface area contributed by atoms with Crippen LogP contribution in [-0.2, 0) is 0 Å². The molecule has 0 amide bonds. The van der Waals surface area contributed by atoms with Crippen LogP contribution in [0.5, 0.6) is 0 Å². The maximum absolute atomic E-state index is 10.2. The maximum atomic E-state index is 10.2. The summed E-state index contributed by atoms with van der Waals surface area (Å²) in [6.07, 6.45) is 6.24. The van der Waals surface area contributed by atoms with E-state index in [1.165, 1.54) is 4.91 Å². The number of aliphatic imine (C=N–C) groups is 1. The van der Waals surface area contributed by atoms with Crippen LogP contribution >= 0.6 is 11.8 Å². The van der Waals surface area contributed by atoms with Gasteiger partial charge in [0, 0.05) is 45.1 Å². The lowest BCUT2D eigenvalue weighted by Crippen LogP contribution is -2.39. The van der Waals surface area contributed by atoms with Crippen molar-refractivity contribution in [1.29, 1.82) is 0 Å². The summed E-state index contributed by atoms with van der Waals surface area (Å²) in [6.45, 7) is 6.68. The van der Waals surface area contributed by atoms with Crippen molar-refractivity contribution < 1.29 is 9.90 Å². The molecule has 1 unspecified atom stereocenters. The molecule has 7 heteroatoms. The van der Waals surface area contributed by atoms with Gasteiger partial charge in [0.05, 0.1) is 10.9 Å². The Morgan fingerprint density at radius 3 is 2.06 bits per heavy atom. The van der Waals surface area contributed by atoms with Crippen molar-refractivity contribution in [2.45, 2.75) is 12.3 Å². The predicted octanol–water partition coefficient (Wildman–Crippen LogP) is 4.27. The fraction of sp³-hybridized carbons (Fsp3) is 0.280. The lowest BCUT2D eigenvalue weighted by atomic mass is 10.2. The van der Waals surface area contributed by atoms with Gasteiger partial charge >= 0.3 is 5.97 Å². The highest BCUT2D eigenvalue weighted by Crippen LogP contribution is 2.29. The zero-order chi connectivity index (χ0) is 23.0. The van der Waals surface area contributed by atoms with Gasteiger partial charge < -0.3 is 21.1 Å². The van der Waals surface area contributed by atoms with Crippen LogP contribution in [0.1, 0.15) is 17.3 Å². The number of hydrogen-bond acceptors (Lipinski definition) is 6. The second-order valence-corrected chi connectivity index (χ2v) is 8.42. The van der Waals surface area contributed by atoms with E-state index < -0.39 is 5.97 Å². The van der Waals surface area contributed by atoms with Gasteiger partial charge in [0.1, 0.15) is 0 Å². The summed E-state index contributed by atoms with van der Waals surface area (Å²) in [7, 11) is 1.80. The fourth-order valence-corrected chi connectivity index (χ4v) is 3.93. The third-order valence-electron chi connectivity index (χ3n) is 4.37. The molecule has 32 heavy (non-hydrogen) atoms. The minimum absolute atomic E-state index is 0.274. The van der Waals surface area contributed by atoms with Crippen molar-refractivity contribution in [3.63, 3.8) is 0 Å². The number of para-hydroxylation sites is 1. The van der Waals surface area contributed by atoms with Gasteiger partial charge in [-0.1, -0.05) is 36.4 Å². The van der Waals surface area contributed by atoms with Crippen LogP contribution in [0.2, 0.25) is 0 Å². The first kappa shape index (κ1) is 25.4. The Bertz CT molecular complexity index is 883. The van der Waals surface area contributed by atoms with Gasteiger partial charge in [-0.3, -0.25) is 4.99 Å². The van der Waals surface area contributed by atoms with Crippen molar-refractivity contribution in [2.24, 2.45) is 4.99 Å². The SMILES string of the molecule is C1CNCCN1.CN=CC1=CC(Nc2ccccc2)SC(C)=C1.O=C(O)c1ccccc1. The molecule has 170 valence electrons. The van der Waals surface area contributed by atoms with Crippen molar-refractivity contribution in [1.82, 2.24) is 10.6 Å². The second kappa shape index (κ2) is 15.0. The smallest absolute Gasteiger partial charge is 0.335 e. The predicted molar refractivity (Wildman–Crippen MR) is 137 cm³/mol. The van der Waals surface area contributed by atoms with E-state index in [0.717, 1.165) is 37.4 Å². The van der Waals surface area contributed by atoms with Crippen LogP contribution < -0.4 is 16.0 Å². The van der Waals surface area contributed by atoms with E-state index in [1.54, 1.807) is 37.4 Å². The Kier molecular flexibility index (Phi) is 11.9. The number of allylic oxidation sites excluding steroid dienone is 3. The molecular weight excluding hydrogens is 420 g/mol. The van der Waals surface area contributed by atoms with E-state index in [-0.39, 0.29) is 5.37 Å². The largest absolute Gasteiger partial charge is 0.478 e. The van der Waals surface area contributed by atoms with Gasteiger partial charge in [0.15, 0.2) is 0 Å². The van der Waals surface area contributed by atoms with E-state index in [9.17, 15) is 4.79 Å². The van der Waals surface area contributed by atoms with Gasteiger partial charge in [0.25, 0.3) is 0 Å². The van der Waals surface area contributed by atoms with E-state index >= 15 is 0 Å². The molecule has 2 aliphatic rings. The molecule has 1 atom stereocenters. The summed E-state index contributed by atoms with van der Waals surface area (Å²) in [4.78, 5) is 15.6. The van der Waals surface area contributed by atoms with Crippen LogP contribution in [0.15, 0.2) is 88.3 Å². The lowest BCUT2D eigenvalue weighted by molar-refractivity contribution is 0.0697. The molecule has 2 heterocycles. The van der Waals surface area contributed by atoms with Crippen LogP contribution in [0.25, 0.3) is 0 Å². The van der Waals surface area contributed by atoms with Crippen molar-refractivity contribution in [2.75, 3.05) is 38.5 Å². The third-order valence-corrected chi connectivity index (χ3v) is 5.36. The minimum atomic E-state index is -0.879. The second-order valence-electron chi connectivity index (χ2n) is 7.03. The number of nitrogens with one attached hydrogen (secondary N) is 3. The molecule has 0 spiro atoms. The van der Waals surface area contributed by atoms with Crippen molar-refractivity contribution in [3.05, 3.63) is 88.9 Å². The topological polar surface area (TPSA) is 85.8 Å². The molecule has 1 saturated heterocycles. The molecule has 0 aromatic heterocycles. The van der Waals surface area contributed by atoms with Gasteiger partial charge in [-0.05, 0) is 53.8 Å². The molecule has 2 aromatic carbocycles. The average molecular weight is 453 g/mol. The summed E-state index contributed by atoms with van der Waals surface area (Å²) in [5.41, 5.74) is 2.64. The molecule has 1 fully saturated rings. The molecule has 4 N–H and O–H groups in total. The molecule has 2 aliphatic heterocycles. The molecule has 0 bridgehead atoms. The standard InChI is InChI=1S/C14H16N2S.C7H6O2.C4H10N2/c1-11-8-12(10-15-2)9-14(17-11)16-13-6-4-3-5-7-13;8-7(9)6-4-2-1-3-5-6;1-2-6-4-3-5-1/h3-10,14,16H,1-2H3;1-5H,(H,8,9);5-6H,1-4H2. The highest BCUT2D eigenvalue weighted by Gasteiger charge is 2.12. The summed E-state index contributed by atoms with van der Waals surface area (Å²) in [5.74, 6) is -0.879. The number of aromatic carboxylic acids is 1. The molecule has 6 nitrogen and oxygen atoms in total. The summed E-state index contributed by atoms with van der Waals surface area (Å²) in [6, 6.07) is 18.6. The number of nitrogens with zero attached hydrogens (tertiary/aromatic N) is 1. The van der Waals surface area contributed by atoms with Crippen LogP contribution in [0.3, 0.4) is 0 Å². The number of hydrogen-bond donors (Lipinski definition) is 4. The summed E-state index contributed by atoms with van der Waals surface area (Å²) < 4.78 is 0. The Morgan fingerprint density at radius 2 is 1.59 bits per heavy atom. The number of anilines is 1. The average Bonchev–Trinajstić information content (AvgIpc) is 2.82. The first-order valence-corrected chi connectivity index (χ1v) is 11.5. The molecule has 0 aliphatic carbocycles. The first-order valence-electron chi connectivity index (χ1n) is 10.6. The molecule has 0 saturated carbocycles. The van der Waals surface area contributed by atoms with E-state index in [0.29, 0.717) is 5.56 Å². The lowest BCUT2D eigenvalue weighted by Gasteiger charge is -2.20. The monoisotopic (exact) mass is 452 g/mol. The quantitative estimate of drug-likeness (QED) is 0.519. The molecule has 4 rings (SSSR count). The molecular formula is C25H32N4O2S. The Labute approximate surface area is 194 Å². The van der Waals surface area contributed by atoms with Crippen LogP contribution in [0.4, 0.5) is 5.69 Å². The van der Waals surface area contributed by atoms with E-state index in [4.69, 9.17) is 5.11 Å². The number of carbonyl (C=O) groups is 1. The van der Waals surface area contributed by atoms with E-state index in [1.807, 2.05) is 36.2 Å². The van der Waals surface area contributed by atoms with Gasteiger partial charge in [-0.2, -0.15) is 0 Å². The summed E-state index contributed by atoms with van der Waals surface area (Å²) in [5, 5.41) is 18.6. The van der Waals surface area contributed by atoms with Crippen molar-refractivity contribution >= 4 is 29.6 Å². The van der Waals surface area contributed by atoms with E-state index in [2.05, 4.69) is 52.2 Å². The fourth-order valence-electron chi connectivity index (χ4n) is 2.91. The maximum Gasteiger partial charge on any atom is 0.335 e. The molecule has 0 radical (unpaired) electrons. The molecule has 2 aromatic rings. The van der Waals surface area contributed by atoms with Crippen molar-refractivity contribution in [3.8, 4) is 0 Å². The Balaban J connectivity index is 0.000000200. The first-order chi connectivity index (χ1) is 15.6. The van der Waals surface area contributed by atoms with Crippen LogP contribution in [-0.4, -0.2) is 55.9 Å². The summed E-state index contributed by atoms with van der Waals surface area (Å²) >= 11 is 1.82. The van der Waals surface area contributed by atoms with Gasteiger partial charge in [-0.15, -0.1) is 11.8 Å². The number of rotatable bonds is 4. The number of carboxylic acid groups (broad SMARTS) is 1. The number of carboxylic acids is 1. The minimum Gasteiger partial charge on any atom is -0.478 e.